The topological polar surface area (TPSA) is 56.7 Å². The summed E-state index contributed by atoms with van der Waals surface area (Å²) in [5, 5.41) is 1.35. The second kappa shape index (κ2) is 6.63. The first-order chi connectivity index (χ1) is 12.5. The lowest BCUT2D eigenvalue weighted by Gasteiger charge is -2.10. The third-order valence-corrected chi connectivity index (χ3v) is 4.99. The quantitative estimate of drug-likeness (QED) is 0.519. The van der Waals surface area contributed by atoms with Gasteiger partial charge in [0, 0.05) is 16.2 Å². The van der Waals surface area contributed by atoms with Gasteiger partial charge in [-0.3, -0.25) is 0 Å². The zero-order chi connectivity index (χ0) is 18.3. The van der Waals surface area contributed by atoms with E-state index in [0.717, 1.165) is 33.5 Å². The van der Waals surface area contributed by atoms with Crippen molar-refractivity contribution >= 4 is 40.1 Å². The summed E-state index contributed by atoms with van der Waals surface area (Å²) < 4.78 is 2.14. The lowest BCUT2D eigenvalue weighted by molar-refractivity contribution is 0.786. The number of nitrogens with zero attached hydrogens (tertiary/aromatic N) is 3. The van der Waals surface area contributed by atoms with Crippen molar-refractivity contribution in [1.29, 1.82) is 0 Å². The van der Waals surface area contributed by atoms with Gasteiger partial charge in [-0.2, -0.15) is 0 Å². The summed E-state index contributed by atoms with van der Waals surface area (Å²) in [6.07, 6.45) is 1.71. The van der Waals surface area contributed by atoms with Crippen LogP contribution < -0.4 is 5.73 Å². The molecular weight excluding hydrogens is 367 g/mol. The second-order valence-electron chi connectivity index (χ2n) is 6.15. The summed E-state index contributed by atoms with van der Waals surface area (Å²) in [5.41, 5.74) is 10.8. The highest BCUT2D eigenvalue weighted by Crippen LogP contribution is 2.28. The van der Waals surface area contributed by atoms with E-state index in [2.05, 4.69) is 20.6 Å². The van der Waals surface area contributed by atoms with E-state index >= 15 is 0 Å². The van der Waals surface area contributed by atoms with Crippen molar-refractivity contribution in [1.82, 2.24) is 14.5 Å². The molecule has 0 bridgehead atoms. The van der Waals surface area contributed by atoms with Gasteiger partial charge in [-0.1, -0.05) is 29.3 Å². The molecule has 4 aromatic rings. The summed E-state index contributed by atoms with van der Waals surface area (Å²) in [4.78, 5) is 8.72. The molecule has 2 aromatic heterocycles. The third-order valence-electron chi connectivity index (χ3n) is 4.39. The van der Waals surface area contributed by atoms with Gasteiger partial charge in [-0.25, -0.2) is 9.97 Å². The van der Waals surface area contributed by atoms with Crippen molar-refractivity contribution in [3.05, 3.63) is 76.2 Å². The summed E-state index contributed by atoms with van der Waals surface area (Å²) in [7, 11) is 0. The molecule has 0 saturated carbocycles. The number of imidazole rings is 1. The maximum atomic E-state index is 6.35. The van der Waals surface area contributed by atoms with Crippen LogP contribution in [0.5, 0.6) is 0 Å². The van der Waals surface area contributed by atoms with Gasteiger partial charge >= 0.3 is 0 Å². The number of hydrogen-bond donors (Lipinski definition) is 1. The van der Waals surface area contributed by atoms with Crippen LogP contribution in [0.4, 0.5) is 5.82 Å². The van der Waals surface area contributed by atoms with E-state index < -0.39 is 0 Å². The number of rotatable bonds is 3. The molecule has 0 aliphatic rings. The fraction of sp³-hybridized carbons (Fsp3) is 0.100. The zero-order valence-electron chi connectivity index (χ0n) is 14.1. The number of hydrogen-bond acceptors (Lipinski definition) is 3. The van der Waals surface area contributed by atoms with Crippen LogP contribution in [0.1, 0.15) is 11.4 Å². The Balaban J connectivity index is 1.83. The zero-order valence-corrected chi connectivity index (χ0v) is 15.6. The number of aryl methyl sites for hydroxylation is 1. The van der Waals surface area contributed by atoms with E-state index in [4.69, 9.17) is 28.9 Å². The molecule has 26 heavy (non-hydrogen) atoms. The summed E-state index contributed by atoms with van der Waals surface area (Å²) >= 11 is 12.5. The van der Waals surface area contributed by atoms with Crippen LogP contribution in [0.3, 0.4) is 0 Å². The SMILES string of the molecule is Cc1nc2ccc(-c3ccnc(N)c3)cc2n1Cc1cc(Cl)ccc1Cl. The minimum absolute atomic E-state index is 0.498. The third kappa shape index (κ3) is 3.14. The molecule has 0 fully saturated rings. The van der Waals surface area contributed by atoms with Gasteiger partial charge in [0.25, 0.3) is 0 Å². The lowest BCUT2D eigenvalue weighted by atomic mass is 10.1. The van der Waals surface area contributed by atoms with Crippen molar-refractivity contribution in [3.8, 4) is 11.1 Å². The first-order valence-electron chi connectivity index (χ1n) is 8.14. The number of fused-ring (bicyclic) bond motifs is 1. The largest absolute Gasteiger partial charge is 0.384 e. The molecule has 0 aliphatic heterocycles. The predicted octanol–water partition coefficient (Wildman–Crippen LogP) is 5.34. The molecule has 0 aliphatic carbocycles. The molecule has 4 nitrogen and oxygen atoms in total. The van der Waals surface area contributed by atoms with Gasteiger partial charge in [0.1, 0.15) is 11.6 Å². The van der Waals surface area contributed by atoms with E-state index in [1.807, 2.05) is 43.3 Å². The smallest absolute Gasteiger partial charge is 0.123 e. The van der Waals surface area contributed by atoms with Crippen LogP contribution >= 0.6 is 23.2 Å². The van der Waals surface area contributed by atoms with Gasteiger partial charge in [0.15, 0.2) is 0 Å². The van der Waals surface area contributed by atoms with Crippen LogP contribution in [0.15, 0.2) is 54.7 Å². The Bertz CT molecular complexity index is 1120. The monoisotopic (exact) mass is 382 g/mol. The van der Waals surface area contributed by atoms with Crippen LogP contribution in [0.25, 0.3) is 22.2 Å². The maximum absolute atomic E-state index is 6.35. The molecular formula is C20H16Cl2N4. The Kier molecular flexibility index (Phi) is 4.31. The molecule has 2 heterocycles. The number of pyridine rings is 1. The van der Waals surface area contributed by atoms with Crippen molar-refractivity contribution in [2.75, 3.05) is 5.73 Å². The van der Waals surface area contributed by atoms with Crippen molar-refractivity contribution in [2.24, 2.45) is 0 Å². The molecule has 0 unspecified atom stereocenters. The first-order valence-corrected chi connectivity index (χ1v) is 8.89. The van der Waals surface area contributed by atoms with Crippen LogP contribution in [-0.2, 0) is 6.54 Å². The molecule has 4 rings (SSSR count). The molecule has 0 radical (unpaired) electrons. The fourth-order valence-electron chi connectivity index (χ4n) is 3.09. The number of aromatic nitrogens is 3. The van der Waals surface area contributed by atoms with Gasteiger partial charge < -0.3 is 10.3 Å². The number of nitrogens with two attached hydrogens (primary N) is 1. The molecule has 130 valence electrons. The first kappa shape index (κ1) is 16.9. The Morgan fingerprint density at radius 1 is 1.00 bits per heavy atom. The van der Waals surface area contributed by atoms with Gasteiger partial charge in [0.05, 0.1) is 17.6 Å². The standard InChI is InChI=1S/C20H16Cl2N4/c1-12-25-18-5-2-13(14-6-7-24-20(23)10-14)9-19(18)26(12)11-15-8-16(21)3-4-17(15)22/h2-10H,11H2,1H3,(H2,23,24). The summed E-state index contributed by atoms with van der Waals surface area (Å²) in [6.45, 7) is 2.59. The average Bonchev–Trinajstić information content (AvgIpc) is 2.93. The van der Waals surface area contributed by atoms with E-state index in [1.165, 1.54) is 0 Å². The van der Waals surface area contributed by atoms with Crippen LogP contribution in [0, 0.1) is 6.92 Å². The minimum atomic E-state index is 0.498. The molecule has 0 spiro atoms. The highest BCUT2D eigenvalue weighted by atomic mass is 35.5. The Morgan fingerprint density at radius 3 is 2.62 bits per heavy atom. The Hall–Kier alpha value is -2.56. The fourth-order valence-corrected chi connectivity index (χ4v) is 3.46. The molecule has 2 N–H and O–H groups in total. The van der Waals surface area contributed by atoms with E-state index in [-0.39, 0.29) is 0 Å². The normalized spacial score (nSPS) is 11.2. The van der Waals surface area contributed by atoms with Crippen LogP contribution in [-0.4, -0.2) is 14.5 Å². The average molecular weight is 383 g/mol. The minimum Gasteiger partial charge on any atom is -0.384 e. The highest BCUT2D eigenvalue weighted by molar-refractivity contribution is 6.33. The van der Waals surface area contributed by atoms with Crippen molar-refractivity contribution < 1.29 is 0 Å². The predicted molar refractivity (Wildman–Crippen MR) is 108 cm³/mol. The van der Waals surface area contributed by atoms with Crippen molar-refractivity contribution in [3.63, 3.8) is 0 Å². The number of benzene rings is 2. The molecule has 0 saturated heterocycles. The van der Waals surface area contributed by atoms with Crippen LogP contribution in [0.2, 0.25) is 10.0 Å². The Morgan fingerprint density at radius 2 is 1.81 bits per heavy atom. The number of nitrogen functional groups attached to an aromatic ring is 1. The molecule has 6 heteroatoms. The molecule has 2 aromatic carbocycles. The Labute approximate surface area is 161 Å². The lowest BCUT2D eigenvalue weighted by Crippen LogP contribution is -2.02. The maximum Gasteiger partial charge on any atom is 0.123 e. The summed E-state index contributed by atoms with van der Waals surface area (Å²) in [6, 6.07) is 15.5. The second-order valence-corrected chi connectivity index (χ2v) is 7.00. The van der Waals surface area contributed by atoms with Crippen molar-refractivity contribution in [2.45, 2.75) is 13.5 Å². The van der Waals surface area contributed by atoms with E-state index in [1.54, 1.807) is 12.3 Å². The molecule has 0 atom stereocenters. The number of halogens is 2. The highest BCUT2D eigenvalue weighted by Gasteiger charge is 2.12. The summed E-state index contributed by atoms with van der Waals surface area (Å²) in [5.74, 6) is 1.42. The van der Waals surface area contributed by atoms with Gasteiger partial charge in [-0.05, 0) is 66.1 Å². The van der Waals surface area contributed by atoms with E-state index in [0.29, 0.717) is 22.4 Å². The van der Waals surface area contributed by atoms with Gasteiger partial charge in [0.2, 0.25) is 0 Å². The molecule has 0 amide bonds. The van der Waals surface area contributed by atoms with E-state index in [9.17, 15) is 0 Å². The van der Waals surface area contributed by atoms with Gasteiger partial charge in [-0.15, -0.1) is 0 Å². The number of anilines is 1.